The predicted molar refractivity (Wildman–Crippen MR) is 165 cm³/mol. The molecule has 0 atom stereocenters. The summed E-state index contributed by atoms with van der Waals surface area (Å²) in [5.74, 6) is 0.578. The first-order valence-electron chi connectivity index (χ1n) is 13.4. The Morgan fingerprint density at radius 3 is 2.26 bits per heavy atom. The van der Waals surface area contributed by atoms with E-state index in [2.05, 4.69) is 27.8 Å². The van der Waals surface area contributed by atoms with Crippen molar-refractivity contribution in [3.8, 4) is 28.2 Å². The van der Waals surface area contributed by atoms with Crippen molar-refractivity contribution in [1.82, 2.24) is 14.5 Å². The quantitative estimate of drug-likeness (QED) is 0.211. The van der Waals surface area contributed by atoms with Crippen LogP contribution < -0.4 is 0 Å². The summed E-state index contributed by atoms with van der Waals surface area (Å²) >= 11 is 1.34. The minimum atomic E-state index is -4.54. The normalized spacial score (nSPS) is 12.2. The molecule has 0 unspecified atom stereocenters. The highest BCUT2D eigenvalue weighted by Crippen LogP contribution is 2.48. The van der Waals surface area contributed by atoms with Gasteiger partial charge in [0.1, 0.15) is 5.82 Å². The second-order valence-electron chi connectivity index (χ2n) is 10.1. The maximum Gasteiger partial charge on any atom is 0.417 e. The lowest BCUT2D eigenvalue weighted by Crippen LogP contribution is -2.06. The number of pyridine rings is 1. The number of imidazole rings is 1. The number of fused-ring (bicyclic) bond motifs is 6. The first-order valence-corrected chi connectivity index (χ1v) is 14.2. The van der Waals surface area contributed by atoms with Crippen LogP contribution in [0.1, 0.15) is 5.56 Å². The number of aromatic nitrogens is 3. The molecule has 0 aliphatic carbocycles. The second kappa shape index (κ2) is 9.26. The molecule has 0 spiro atoms. The number of hydrogen-bond acceptors (Lipinski definition) is 3. The Kier molecular flexibility index (Phi) is 5.46. The van der Waals surface area contributed by atoms with Gasteiger partial charge in [-0.05, 0) is 35.9 Å². The van der Waals surface area contributed by atoms with Crippen LogP contribution >= 0.6 is 11.3 Å². The van der Waals surface area contributed by atoms with Gasteiger partial charge in [-0.15, -0.1) is 11.3 Å². The first-order chi connectivity index (χ1) is 20.5. The van der Waals surface area contributed by atoms with Crippen LogP contribution in [-0.4, -0.2) is 14.5 Å². The molecule has 7 heteroatoms. The summed E-state index contributed by atoms with van der Waals surface area (Å²) in [7, 11) is 0. The van der Waals surface area contributed by atoms with Gasteiger partial charge in [-0.1, -0.05) is 84.9 Å². The monoisotopic (exact) mass is 571 g/mol. The molecule has 3 heterocycles. The van der Waals surface area contributed by atoms with E-state index < -0.39 is 11.7 Å². The lowest BCUT2D eigenvalue weighted by molar-refractivity contribution is -0.136. The third-order valence-corrected chi connectivity index (χ3v) is 8.93. The number of alkyl halides is 3. The molecule has 3 aromatic heterocycles. The minimum absolute atomic E-state index is 0.112. The fraction of sp³-hybridized carbons (Fsp3) is 0.0286. The van der Waals surface area contributed by atoms with Gasteiger partial charge in [-0.25, -0.2) is 4.98 Å². The lowest BCUT2D eigenvalue weighted by Gasteiger charge is -2.16. The van der Waals surface area contributed by atoms with Crippen LogP contribution in [0.15, 0.2) is 121 Å². The molecule has 0 saturated carbocycles. The van der Waals surface area contributed by atoms with Gasteiger partial charge < -0.3 is 0 Å². The largest absolute Gasteiger partial charge is 0.417 e. The van der Waals surface area contributed by atoms with E-state index in [4.69, 9.17) is 4.98 Å². The smallest absolute Gasteiger partial charge is 0.292 e. The Morgan fingerprint density at radius 2 is 1.40 bits per heavy atom. The summed E-state index contributed by atoms with van der Waals surface area (Å²) < 4.78 is 46.7. The standard InChI is InChI=1S/C35H20F3N3S/c36-35(37,38)26-19-18-25(32-30(26)31-33(42-32)24-14-5-4-12-22(24)20-39-31)34-40-27-15-7-9-17-29(27)41(34)28-16-8-6-13-23(28)21-10-2-1-3-11-21/h1-20H. The van der Waals surface area contributed by atoms with Crippen LogP contribution in [0, 0.1) is 0 Å². The van der Waals surface area contributed by atoms with E-state index in [0.717, 1.165) is 43.3 Å². The highest BCUT2D eigenvalue weighted by atomic mass is 32.1. The number of benzene rings is 5. The van der Waals surface area contributed by atoms with Crippen LogP contribution in [0.3, 0.4) is 0 Å². The van der Waals surface area contributed by atoms with Gasteiger partial charge in [0.15, 0.2) is 0 Å². The molecule has 8 aromatic rings. The summed E-state index contributed by atoms with van der Waals surface area (Å²) in [5.41, 5.74) is 4.84. The third-order valence-electron chi connectivity index (χ3n) is 7.69. The molecule has 0 saturated heterocycles. The summed E-state index contributed by atoms with van der Waals surface area (Å²) in [4.78, 5) is 9.60. The summed E-state index contributed by atoms with van der Waals surface area (Å²) in [6.45, 7) is 0. The fourth-order valence-corrected chi connectivity index (χ4v) is 7.17. The van der Waals surface area contributed by atoms with E-state index in [1.165, 1.54) is 17.4 Å². The van der Waals surface area contributed by atoms with E-state index in [-0.39, 0.29) is 5.39 Å². The highest BCUT2D eigenvalue weighted by molar-refractivity contribution is 7.27. The molecule has 0 N–H and O–H groups in total. The summed E-state index contributed by atoms with van der Waals surface area (Å²) in [5, 5.41) is 1.88. The average Bonchev–Trinajstić information content (AvgIpc) is 3.60. The second-order valence-corrected chi connectivity index (χ2v) is 11.2. The molecule has 0 fully saturated rings. The van der Waals surface area contributed by atoms with E-state index >= 15 is 0 Å². The summed E-state index contributed by atoms with van der Waals surface area (Å²) in [6, 6.07) is 36.3. The molecule has 0 radical (unpaired) electrons. The van der Waals surface area contributed by atoms with E-state index in [1.807, 2.05) is 84.9 Å². The fourth-order valence-electron chi connectivity index (χ4n) is 5.84. The molecule has 0 aliphatic rings. The van der Waals surface area contributed by atoms with E-state index in [0.29, 0.717) is 21.6 Å². The third kappa shape index (κ3) is 3.74. The van der Waals surface area contributed by atoms with Gasteiger partial charge in [-0.3, -0.25) is 9.55 Å². The first kappa shape index (κ1) is 24.8. The highest BCUT2D eigenvalue weighted by Gasteiger charge is 2.35. The van der Waals surface area contributed by atoms with Crippen LogP contribution in [-0.2, 0) is 6.18 Å². The molecular weight excluding hydrogens is 551 g/mol. The van der Waals surface area contributed by atoms with Crippen molar-refractivity contribution >= 4 is 53.4 Å². The minimum Gasteiger partial charge on any atom is -0.292 e. The van der Waals surface area contributed by atoms with Gasteiger partial charge >= 0.3 is 6.18 Å². The Bertz CT molecular complexity index is 2300. The van der Waals surface area contributed by atoms with Crippen molar-refractivity contribution in [2.45, 2.75) is 6.18 Å². The maximum absolute atomic E-state index is 14.5. The molecule has 42 heavy (non-hydrogen) atoms. The zero-order chi connectivity index (χ0) is 28.4. The van der Waals surface area contributed by atoms with Crippen LogP contribution in [0.25, 0.3) is 70.3 Å². The van der Waals surface area contributed by atoms with Crippen LogP contribution in [0.4, 0.5) is 13.2 Å². The van der Waals surface area contributed by atoms with E-state index in [1.54, 1.807) is 12.3 Å². The predicted octanol–water partition coefficient (Wildman–Crippen LogP) is 10.3. The zero-order valence-corrected chi connectivity index (χ0v) is 22.7. The SMILES string of the molecule is FC(F)(F)c1ccc(-c2nc3ccccc3n2-c2ccccc2-c2ccccc2)c2sc3c4ccccc4cnc3c12. The van der Waals surface area contributed by atoms with Crippen molar-refractivity contribution in [3.63, 3.8) is 0 Å². The Balaban J connectivity index is 1.51. The Labute approximate surface area is 242 Å². The molecule has 0 amide bonds. The van der Waals surface area contributed by atoms with Crippen molar-refractivity contribution in [2.75, 3.05) is 0 Å². The number of para-hydroxylation sites is 3. The maximum atomic E-state index is 14.5. The van der Waals surface area contributed by atoms with Gasteiger partial charge in [0.25, 0.3) is 0 Å². The van der Waals surface area contributed by atoms with Gasteiger partial charge in [0, 0.05) is 38.2 Å². The molecule has 3 nitrogen and oxygen atoms in total. The number of rotatable bonds is 3. The Hall–Kier alpha value is -5.01. The number of hydrogen-bond donors (Lipinski definition) is 0. The molecule has 8 rings (SSSR count). The average molecular weight is 572 g/mol. The van der Waals surface area contributed by atoms with Crippen molar-refractivity contribution < 1.29 is 13.2 Å². The summed E-state index contributed by atoms with van der Waals surface area (Å²) in [6.07, 6.45) is -2.89. The van der Waals surface area contributed by atoms with Crippen LogP contribution in [0.5, 0.6) is 0 Å². The van der Waals surface area contributed by atoms with Crippen molar-refractivity contribution in [1.29, 1.82) is 0 Å². The topological polar surface area (TPSA) is 30.7 Å². The molecule has 0 bridgehead atoms. The number of thiophene rings is 1. The molecule has 5 aromatic carbocycles. The molecular formula is C35H20F3N3S. The number of nitrogens with zero attached hydrogens (tertiary/aromatic N) is 3. The molecule has 202 valence electrons. The van der Waals surface area contributed by atoms with Crippen molar-refractivity contribution in [3.05, 3.63) is 127 Å². The van der Waals surface area contributed by atoms with Crippen molar-refractivity contribution in [2.24, 2.45) is 0 Å². The molecule has 0 aliphatic heterocycles. The zero-order valence-electron chi connectivity index (χ0n) is 21.9. The lowest BCUT2D eigenvalue weighted by atomic mass is 10.0. The van der Waals surface area contributed by atoms with E-state index in [9.17, 15) is 13.2 Å². The van der Waals surface area contributed by atoms with Gasteiger partial charge in [0.05, 0.1) is 32.5 Å². The Morgan fingerprint density at radius 1 is 0.667 bits per heavy atom. The van der Waals surface area contributed by atoms with Gasteiger partial charge in [-0.2, -0.15) is 13.2 Å². The van der Waals surface area contributed by atoms with Crippen LogP contribution in [0.2, 0.25) is 0 Å². The van der Waals surface area contributed by atoms with Gasteiger partial charge in [0.2, 0.25) is 0 Å². The number of halogens is 3.